The Morgan fingerprint density at radius 1 is 1.38 bits per heavy atom. The zero-order chi connectivity index (χ0) is 15.2. The molecule has 0 radical (unpaired) electrons. The highest BCUT2D eigenvalue weighted by molar-refractivity contribution is 5.53. The number of hydrogen-bond acceptors (Lipinski definition) is 6. The third-order valence-electron chi connectivity index (χ3n) is 2.90. The Morgan fingerprint density at radius 2 is 2.19 bits per heavy atom. The van der Waals surface area contributed by atoms with Crippen LogP contribution in [-0.4, -0.2) is 32.9 Å². The van der Waals surface area contributed by atoms with Crippen molar-refractivity contribution in [3.05, 3.63) is 24.3 Å². The van der Waals surface area contributed by atoms with Crippen molar-refractivity contribution in [3.8, 4) is 5.88 Å². The lowest BCUT2D eigenvalue weighted by Crippen LogP contribution is -2.11. The van der Waals surface area contributed by atoms with Crippen LogP contribution in [0.15, 0.2) is 18.5 Å². The summed E-state index contributed by atoms with van der Waals surface area (Å²) in [5, 5.41) is 11.1. The van der Waals surface area contributed by atoms with Crippen molar-refractivity contribution in [3.63, 3.8) is 0 Å². The van der Waals surface area contributed by atoms with Gasteiger partial charge in [0, 0.05) is 20.0 Å². The first-order chi connectivity index (χ1) is 10.1. The molecule has 0 spiro atoms. The van der Waals surface area contributed by atoms with Gasteiger partial charge in [-0.1, -0.05) is 13.8 Å². The number of nitrogens with two attached hydrogens (primary N) is 1. The van der Waals surface area contributed by atoms with E-state index in [1.807, 2.05) is 17.7 Å². The van der Waals surface area contributed by atoms with E-state index in [4.69, 9.17) is 10.5 Å². The molecule has 3 N–H and O–H groups in total. The van der Waals surface area contributed by atoms with E-state index in [9.17, 15) is 0 Å². The number of pyridine rings is 1. The quantitative estimate of drug-likeness (QED) is 0.802. The fraction of sp³-hybridized carbons (Fsp3) is 0.500. The van der Waals surface area contributed by atoms with Gasteiger partial charge in [0.05, 0.1) is 12.3 Å². The molecule has 7 heteroatoms. The minimum Gasteiger partial charge on any atom is -0.476 e. The van der Waals surface area contributed by atoms with Crippen LogP contribution in [0.2, 0.25) is 0 Å². The van der Waals surface area contributed by atoms with Crippen LogP contribution < -0.4 is 15.8 Å². The van der Waals surface area contributed by atoms with Crippen LogP contribution in [0.3, 0.4) is 0 Å². The molecule has 2 aromatic rings. The Balaban J connectivity index is 1.91. The van der Waals surface area contributed by atoms with Gasteiger partial charge < -0.3 is 20.4 Å². The molecule has 0 atom stereocenters. The van der Waals surface area contributed by atoms with Crippen molar-refractivity contribution >= 4 is 11.5 Å². The molecule has 7 nitrogen and oxygen atoms in total. The summed E-state index contributed by atoms with van der Waals surface area (Å²) in [5.74, 6) is 2.57. The standard InChI is InChI=1S/C14H22N6O/c1-10(2)8-21-14-11(15)4-5-12(18-14)16-7-6-13-19-17-9-20(13)3/h4-5,9-10H,6-8,15H2,1-3H3,(H,16,18). The number of aryl methyl sites for hydroxylation is 1. The second kappa shape index (κ2) is 6.92. The Bertz CT molecular complexity index is 581. The lowest BCUT2D eigenvalue weighted by Gasteiger charge is -2.12. The van der Waals surface area contributed by atoms with Gasteiger partial charge in [-0.25, -0.2) is 0 Å². The van der Waals surface area contributed by atoms with Gasteiger partial charge in [0.2, 0.25) is 5.88 Å². The topological polar surface area (TPSA) is 90.9 Å². The molecule has 0 aliphatic rings. The molecule has 114 valence electrons. The maximum Gasteiger partial charge on any atom is 0.239 e. The average Bonchev–Trinajstić information content (AvgIpc) is 2.84. The molecule has 0 saturated heterocycles. The van der Waals surface area contributed by atoms with E-state index in [2.05, 4.69) is 34.3 Å². The molecule has 0 aliphatic carbocycles. The van der Waals surface area contributed by atoms with E-state index in [1.54, 1.807) is 12.4 Å². The molecule has 2 aromatic heterocycles. The van der Waals surface area contributed by atoms with Crippen LogP contribution in [0.5, 0.6) is 5.88 Å². The summed E-state index contributed by atoms with van der Waals surface area (Å²) >= 11 is 0. The summed E-state index contributed by atoms with van der Waals surface area (Å²) < 4.78 is 7.51. The fourth-order valence-corrected chi connectivity index (χ4v) is 1.75. The number of rotatable bonds is 7. The van der Waals surface area contributed by atoms with E-state index in [-0.39, 0.29) is 0 Å². The second-order valence-electron chi connectivity index (χ2n) is 5.33. The van der Waals surface area contributed by atoms with Crippen molar-refractivity contribution in [2.24, 2.45) is 13.0 Å². The summed E-state index contributed by atoms with van der Waals surface area (Å²) in [4.78, 5) is 4.38. The predicted octanol–water partition coefficient (Wildman–Crippen LogP) is 1.48. The Labute approximate surface area is 124 Å². The normalized spacial score (nSPS) is 10.9. The van der Waals surface area contributed by atoms with Gasteiger partial charge in [-0.3, -0.25) is 0 Å². The number of anilines is 2. The summed E-state index contributed by atoms with van der Waals surface area (Å²) in [6.07, 6.45) is 2.46. The predicted molar refractivity (Wildman–Crippen MR) is 82.2 cm³/mol. The molecule has 0 saturated carbocycles. The highest BCUT2D eigenvalue weighted by Gasteiger charge is 2.06. The Hall–Kier alpha value is -2.31. The van der Waals surface area contributed by atoms with Gasteiger partial charge in [-0.15, -0.1) is 10.2 Å². The third kappa shape index (κ3) is 4.34. The maximum absolute atomic E-state index is 5.86. The lowest BCUT2D eigenvalue weighted by molar-refractivity contribution is 0.263. The number of aromatic nitrogens is 4. The highest BCUT2D eigenvalue weighted by atomic mass is 16.5. The van der Waals surface area contributed by atoms with E-state index in [0.717, 1.165) is 18.1 Å². The number of nitrogens with zero attached hydrogens (tertiary/aromatic N) is 4. The average molecular weight is 290 g/mol. The van der Waals surface area contributed by atoms with Crippen LogP contribution in [0.25, 0.3) is 0 Å². The molecule has 0 aliphatic heterocycles. The molecule has 0 fully saturated rings. The molecule has 0 aromatic carbocycles. The van der Waals surface area contributed by atoms with Gasteiger partial charge in [0.25, 0.3) is 0 Å². The van der Waals surface area contributed by atoms with Crippen molar-refractivity contribution < 1.29 is 4.74 Å². The SMILES string of the molecule is CC(C)COc1nc(NCCc2nncn2C)ccc1N. The number of nitrogen functional groups attached to an aromatic ring is 1. The van der Waals surface area contributed by atoms with Crippen molar-refractivity contribution in [1.29, 1.82) is 0 Å². The zero-order valence-corrected chi connectivity index (χ0v) is 12.7. The minimum atomic E-state index is 0.429. The minimum absolute atomic E-state index is 0.429. The second-order valence-corrected chi connectivity index (χ2v) is 5.33. The maximum atomic E-state index is 5.86. The fourth-order valence-electron chi connectivity index (χ4n) is 1.75. The number of nitrogens with one attached hydrogen (secondary N) is 1. The van der Waals surface area contributed by atoms with Gasteiger partial charge in [-0.05, 0) is 18.1 Å². The van der Waals surface area contributed by atoms with Crippen molar-refractivity contribution in [1.82, 2.24) is 19.7 Å². The summed E-state index contributed by atoms with van der Waals surface area (Å²) in [5.41, 5.74) is 6.41. The van der Waals surface area contributed by atoms with Gasteiger partial charge >= 0.3 is 0 Å². The molecular weight excluding hydrogens is 268 g/mol. The molecule has 2 rings (SSSR count). The highest BCUT2D eigenvalue weighted by Crippen LogP contribution is 2.21. The van der Waals surface area contributed by atoms with Crippen molar-refractivity contribution in [2.45, 2.75) is 20.3 Å². The molecule has 2 heterocycles. The monoisotopic (exact) mass is 290 g/mol. The largest absolute Gasteiger partial charge is 0.476 e. The van der Waals surface area contributed by atoms with Crippen LogP contribution in [-0.2, 0) is 13.5 Å². The summed E-state index contributed by atoms with van der Waals surface area (Å²) in [6.45, 7) is 5.48. The summed E-state index contributed by atoms with van der Waals surface area (Å²) in [7, 11) is 1.93. The van der Waals surface area contributed by atoms with E-state index >= 15 is 0 Å². The van der Waals surface area contributed by atoms with Gasteiger partial charge in [-0.2, -0.15) is 4.98 Å². The zero-order valence-electron chi connectivity index (χ0n) is 12.7. The van der Waals surface area contributed by atoms with Crippen LogP contribution >= 0.6 is 0 Å². The Morgan fingerprint density at radius 3 is 2.86 bits per heavy atom. The smallest absolute Gasteiger partial charge is 0.239 e. The number of ether oxygens (including phenoxy) is 1. The van der Waals surface area contributed by atoms with Gasteiger partial charge in [0.15, 0.2) is 0 Å². The molecule has 0 bridgehead atoms. The van der Waals surface area contributed by atoms with E-state index in [1.165, 1.54) is 0 Å². The van der Waals surface area contributed by atoms with E-state index < -0.39 is 0 Å². The van der Waals surface area contributed by atoms with Crippen molar-refractivity contribution in [2.75, 3.05) is 24.2 Å². The third-order valence-corrected chi connectivity index (χ3v) is 2.90. The summed E-state index contributed by atoms with van der Waals surface area (Å²) in [6, 6.07) is 3.64. The first kappa shape index (κ1) is 15.1. The Kier molecular flexibility index (Phi) is 4.97. The molecule has 21 heavy (non-hydrogen) atoms. The van der Waals surface area contributed by atoms with Crippen LogP contribution in [0.1, 0.15) is 19.7 Å². The van der Waals surface area contributed by atoms with Gasteiger partial charge in [0.1, 0.15) is 18.0 Å². The first-order valence-electron chi connectivity index (χ1n) is 7.02. The first-order valence-corrected chi connectivity index (χ1v) is 7.02. The van der Waals surface area contributed by atoms with Crippen LogP contribution in [0.4, 0.5) is 11.5 Å². The molecule has 0 amide bonds. The molecule has 0 unspecified atom stereocenters. The van der Waals surface area contributed by atoms with E-state index in [0.29, 0.717) is 30.6 Å². The van der Waals surface area contributed by atoms with Crippen LogP contribution in [0, 0.1) is 5.92 Å². The lowest BCUT2D eigenvalue weighted by atomic mass is 10.2. The molecular formula is C14H22N6O. The number of hydrogen-bond donors (Lipinski definition) is 2.